The van der Waals surface area contributed by atoms with Crippen LogP contribution in [0.5, 0.6) is 0 Å². The molecule has 0 radical (unpaired) electrons. The maximum Gasteiger partial charge on any atom is 0.564 e. The summed E-state index contributed by atoms with van der Waals surface area (Å²) in [7, 11) is 19.1. The van der Waals surface area contributed by atoms with Crippen LogP contribution < -0.4 is 4.57 Å². The average Bonchev–Trinajstić information content (AvgIpc) is 2.42. The lowest BCUT2D eigenvalue weighted by Crippen LogP contribution is -2.35. The van der Waals surface area contributed by atoms with E-state index in [0.29, 0.717) is 0 Å². The minimum Gasteiger partial charge on any atom is -0.391 e. The summed E-state index contributed by atoms with van der Waals surface area (Å²) in [4.78, 5) is 0. The molecule has 0 fully saturated rings. The molecular formula is C9H17AlCl4N2. The second kappa shape index (κ2) is 8.08. The van der Waals surface area contributed by atoms with Gasteiger partial charge in [0.15, 0.2) is 0 Å². The second-order valence-corrected chi connectivity index (χ2v) is 16.4. The van der Waals surface area contributed by atoms with Crippen molar-refractivity contribution in [1.29, 1.82) is 0 Å². The number of hydrogen-bond acceptors (Lipinski definition) is 0. The summed E-state index contributed by atoms with van der Waals surface area (Å²) in [6, 6.07) is 0. The lowest BCUT2D eigenvalue weighted by atomic mass is 10.3. The standard InChI is InChI=1S/C9H17N2.Al.4ClH/c1-4-5-6-11-8-7-10(3)9(11)2;;;;;/h7-8H,4-6H2,1-3H3;;4*1H/q+1;+3;;;;/p-4. The Morgan fingerprint density at radius 2 is 1.81 bits per heavy atom. The van der Waals surface area contributed by atoms with Crippen LogP contribution in [0.25, 0.3) is 0 Å². The van der Waals surface area contributed by atoms with Gasteiger partial charge in [-0.1, -0.05) is 13.3 Å². The van der Waals surface area contributed by atoms with Gasteiger partial charge in [-0.2, -0.15) is 0 Å². The van der Waals surface area contributed by atoms with Gasteiger partial charge < -0.3 is 40.2 Å². The fraction of sp³-hybridized carbons (Fsp3) is 0.667. The van der Waals surface area contributed by atoms with Gasteiger partial charge in [0.05, 0.1) is 13.6 Å². The highest BCUT2D eigenvalue weighted by Gasteiger charge is 2.14. The highest BCUT2D eigenvalue weighted by molar-refractivity contribution is 7.81. The van der Waals surface area contributed by atoms with E-state index in [1.807, 2.05) is 0 Å². The number of imidazole rings is 1. The van der Waals surface area contributed by atoms with E-state index in [1.165, 1.54) is 18.7 Å². The van der Waals surface area contributed by atoms with Crippen molar-refractivity contribution in [2.24, 2.45) is 7.05 Å². The van der Waals surface area contributed by atoms with Crippen molar-refractivity contribution in [2.75, 3.05) is 0 Å². The van der Waals surface area contributed by atoms with Crippen molar-refractivity contribution in [1.82, 2.24) is 4.57 Å². The van der Waals surface area contributed by atoms with Gasteiger partial charge in [-0.05, 0) is 6.42 Å². The Balaban J connectivity index is 0.000000385. The predicted octanol–water partition coefficient (Wildman–Crippen LogP) is 3.80. The smallest absolute Gasteiger partial charge is 0.391 e. The molecule has 2 nitrogen and oxygen atoms in total. The van der Waals surface area contributed by atoms with Gasteiger partial charge in [0.2, 0.25) is 0 Å². The molecule has 0 aliphatic rings. The van der Waals surface area contributed by atoms with Crippen molar-refractivity contribution in [3.63, 3.8) is 0 Å². The first kappa shape index (κ1) is 16.9. The zero-order chi connectivity index (χ0) is 12.8. The molecule has 1 rings (SSSR count). The molecule has 94 valence electrons. The van der Waals surface area contributed by atoms with Gasteiger partial charge in [-0.25, -0.2) is 9.13 Å². The second-order valence-electron chi connectivity index (χ2n) is 3.50. The number of halogens is 4. The highest BCUT2D eigenvalue weighted by Crippen LogP contribution is 2.23. The zero-order valence-corrected chi connectivity index (χ0v) is 13.9. The molecule has 1 heterocycles. The fourth-order valence-electron chi connectivity index (χ4n) is 1.16. The summed E-state index contributed by atoms with van der Waals surface area (Å²) in [6.07, 6.45) is 6.78. The van der Waals surface area contributed by atoms with Crippen LogP contribution in [0.2, 0.25) is 0 Å². The molecule has 0 N–H and O–H groups in total. The van der Waals surface area contributed by atoms with E-state index < -0.39 is 9.39 Å². The first-order valence-electron chi connectivity index (χ1n) is 5.14. The maximum absolute atomic E-state index is 4.99. The van der Waals surface area contributed by atoms with Crippen LogP contribution in [0.4, 0.5) is 0 Å². The Hall–Kier alpha value is 0.902. The van der Waals surface area contributed by atoms with Crippen molar-refractivity contribution >= 4 is 49.6 Å². The summed E-state index contributed by atoms with van der Waals surface area (Å²) in [6.45, 7) is 5.53. The van der Waals surface area contributed by atoms with E-state index in [4.69, 9.17) is 40.2 Å². The molecule has 0 atom stereocenters. The van der Waals surface area contributed by atoms with Crippen LogP contribution in [0.15, 0.2) is 12.4 Å². The third kappa shape index (κ3) is 8.99. The van der Waals surface area contributed by atoms with Gasteiger partial charge in [0.1, 0.15) is 12.4 Å². The minimum atomic E-state index is -2.94. The summed E-state index contributed by atoms with van der Waals surface area (Å²) in [5.41, 5.74) is 0. The van der Waals surface area contributed by atoms with Crippen molar-refractivity contribution in [2.45, 2.75) is 33.2 Å². The van der Waals surface area contributed by atoms with Crippen LogP contribution in [0, 0.1) is 6.92 Å². The average molecular weight is 322 g/mol. The predicted molar refractivity (Wildman–Crippen MR) is 74.4 cm³/mol. The third-order valence-electron chi connectivity index (χ3n) is 2.15. The molecule has 0 saturated heterocycles. The molecule has 1 aromatic heterocycles. The molecule has 0 unspecified atom stereocenters. The topological polar surface area (TPSA) is 8.81 Å². The van der Waals surface area contributed by atoms with Gasteiger partial charge in [0, 0.05) is 6.92 Å². The van der Waals surface area contributed by atoms with E-state index in [9.17, 15) is 0 Å². The lowest BCUT2D eigenvalue weighted by molar-refractivity contribution is -0.702. The van der Waals surface area contributed by atoms with Crippen molar-refractivity contribution < 1.29 is 4.57 Å². The molecule has 0 aromatic carbocycles. The normalized spacial score (nSPS) is 10.9. The fourth-order valence-corrected chi connectivity index (χ4v) is 1.16. The molecule has 0 spiro atoms. The Kier molecular flexibility index (Phi) is 8.54. The minimum absolute atomic E-state index is 1.16. The lowest BCUT2D eigenvalue weighted by Gasteiger charge is -1.97. The monoisotopic (exact) mass is 320 g/mol. The van der Waals surface area contributed by atoms with Gasteiger partial charge in [-0.15, -0.1) is 0 Å². The SMILES string of the molecule is CCCC[n+]1ccn(C)c1C.[Cl][Al-]([Cl])([Cl])[Cl]. The number of unbranched alkanes of at least 4 members (excludes halogenated alkanes) is 1. The maximum atomic E-state index is 4.99. The Labute approximate surface area is 117 Å². The van der Waals surface area contributed by atoms with Crippen LogP contribution in [0.1, 0.15) is 25.6 Å². The molecule has 0 aliphatic heterocycles. The molecular weight excluding hydrogens is 305 g/mol. The van der Waals surface area contributed by atoms with Gasteiger partial charge in [0.25, 0.3) is 5.82 Å². The van der Waals surface area contributed by atoms with E-state index in [2.05, 4.69) is 42.4 Å². The Bertz CT molecular complexity index is 303. The quantitative estimate of drug-likeness (QED) is 0.591. The summed E-state index contributed by atoms with van der Waals surface area (Å²) < 4.78 is 4.44. The molecule has 16 heavy (non-hydrogen) atoms. The Morgan fingerprint density at radius 3 is 2.12 bits per heavy atom. The van der Waals surface area contributed by atoms with E-state index in [-0.39, 0.29) is 0 Å². The first-order valence-corrected chi connectivity index (χ1v) is 12.1. The van der Waals surface area contributed by atoms with Crippen molar-refractivity contribution in [3.05, 3.63) is 18.2 Å². The number of aryl methyl sites for hydroxylation is 2. The van der Waals surface area contributed by atoms with Crippen molar-refractivity contribution in [3.8, 4) is 0 Å². The summed E-state index contributed by atoms with van der Waals surface area (Å²) >= 11 is 0. The zero-order valence-electron chi connectivity index (χ0n) is 9.76. The summed E-state index contributed by atoms with van der Waals surface area (Å²) in [5, 5.41) is 0. The number of nitrogens with zero attached hydrogens (tertiary/aromatic N) is 2. The highest BCUT2D eigenvalue weighted by atomic mass is 35.9. The Morgan fingerprint density at radius 1 is 1.31 bits per heavy atom. The number of aromatic nitrogens is 2. The van der Waals surface area contributed by atoms with Gasteiger partial charge >= 0.3 is 9.39 Å². The van der Waals surface area contributed by atoms with Gasteiger partial charge in [-0.3, -0.25) is 0 Å². The first-order chi connectivity index (χ1) is 7.25. The van der Waals surface area contributed by atoms with Crippen LogP contribution in [-0.4, -0.2) is 14.0 Å². The van der Waals surface area contributed by atoms with E-state index >= 15 is 0 Å². The molecule has 1 aromatic rings. The van der Waals surface area contributed by atoms with E-state index in [0.717, 1.165) is 6.54 Å². The number of hydrogen-bond donors (Lipinski definition) is 0. The molecule has 0 saturated carbocycles. The molecule has 0 bridgehead atoms. The van der Waals surface area contributed by atoms with Crippen LogP contribution in [0.3, 0.4) is 0 Å². The summed E-state index contributed by atoms with van der Waals surface area (Å²) in [5.74, 6) is 1.33. The number of rotatable bonds is 3. The largest absolute Gasteiger partial charge is 0.564 e. The third-order valence-corrected chi connectivity index (χ3v) is 2.15. The van der Waals surface area contributed by atoms with Crippen LogP contribution >= 0.6 is 40.2 Å². The molecule has 0 amide bonds. The van der Waals surface area contributed by atoms with Crippen LogP contribution in [-0.2, 0) is 13.6 Å². The molecule has 7 heteroatoms. The molecule has 0 aliphatic carbocycles. The van der Waals surface area contributed by atoms with E-state index in [1.54, 1.807) is 0 Å².